The Kier molecular flexibility index (Phi) is 7.74. The van der Waals surface area contributed by atoms with E-state index in [-0.39, 0.29) is 28.7 Å². The lowest BCUT2D eigenvalue weighted by Gasteiger charge is -2.15. The number of nitro benzene ring substituents is 1. The van der Waals surface area contributed by atoms with Crippen molar-refractivity contribution in [3.05, 3.63) is 99.7 Å². The molecular formula is C29H27N5O5. The molecule has 10 heteroatoms. The van der Waals surface area contributed by atoms with E-state index in [1.807, 2.05) is 49.4 Å². The molecule has 0 fully saturated rings. The van der Waals surface area contributed by atoms with Gasteiger partial charge in [0.25, 0.3) is 11.6 Å². The summed E-state index contributed by atoms with van der Waals surface area (Å²) < 4.78 is 12.1. The topological polar surface area (TPSA) is 129 Å². The number of nitro groups is 1. The molecule has 3 aromatic carbocycles. The van der Waals surface area contributed by atoms with Gasteiger partial charge in [0.1, 0.15) is 11.5 Å². The molecule has 0 saturated heterocycles. The molecule has 2 aliphatic rings. The summed E-state index contributed by atoms with van der Waals surface area (Å²) in [6.07, 6.45) is 2.95. The van der Waals surface area contributed by atoms with Gasteiger partial charge in [0.15, 0.2) is 0 Å². The fraction of sp³-hybridized carbons (Fsp3) is 0.207. The summed E-state index contributed by atoms with van der Waals surface area (Å²) in [6.45, 7) is 3.24. The number of benzene rings is 3. The van der Waals surface area contributed by atoms with Gasteiger partial charge < -0.3 is 20.1 Å². The van der Waals surface area contributed by atoms with Crippen molar-refractivity contribution >= 4 is 23.2 Å². The molecule has 1 aromatic heterocycles. The van der Waals surface area contributed by atoms with E-state index in [1.54, 1.807) is 12.1 Å². The van der Waals surface area contributed by atoms with Gasteiger partial charge >= 0.3 is 0 Å². The SMILES string of the molecule is Cc1cccc(Oc2ccc3cc2COCCCCNC(=O)c2ccc(c([N+](=O)[O-])c2)-c2ccnc(n2)N3)c1. The summed E-state index contributed by atoms with van der Waals surface area (Å²) in [6, 6.07) is 19.4. The molecule has 198 valence electrons. The Labute approximate surface area is 225 Å². The van der Waals surface area contributed by atoms with Gasteiger partial charge in [-0.3, -0.25) is 14.9 Å². The first-order chi connectivity index (χ1) is 19.0. The number of hydrogen-bond acceptors (Lipinski definition) is 8. The zero-order valence-electron chi connectivity index (χ0n) is 21.3. The Morgan fingerprint density at radius 2 is 1.95 bits per heavy atom. The van der Waals surface area contributed by atoms with Crippen LogP contribution in [-0.2, 0) is 11.3 Å². The molecule has 0 spiro atoms. The smallest absolute Gasteiger partial charge is 0.279 e. The molecule has 39 heavy (non-hydrogen) atoms. The predicted octanol–water partition coefficient (Wildman–Crippen LogP) is 5.94. The van der Waals surface area contributed by atoms with E-state index in [2.05, 4.69) is 20.6 Å². The standard InChI is InChI=1S/C29H27N5O5/c1-19-5-4-6-23(15-19)39-27-10-8-22-16-21(27)18-38-14-3-2-12-30-28(35)20-7-9-24(26(17-20)34(36)37)25-11-13-31-29(32-22)33-25/h4-11,13,15-17H,2-3,12,14,18H2,1H3,(H,30,35)(H,31,32,33). The molecule has 0 radical (unpaired) electrons. The molecule has 6 rings (SSSR count). The zero-order chi connectivity index (χ0) is 27.2. The number of aryl methyl sites for hydroxylation is 1. The lowest BCUT2D eigenvalue weighted by atomic mass is 10.1. The lowest BCUT2D eigenvalue weighted by Crippen LogP contribution is -2.24. The van der Waals surface area contributed by atoms with E-state index in [4.69, 9.17) is 9.47 Å². The number of aromatic nitrogens is 2. The van der Waals surface area contributed by atoms with Gasteiger partial charge in [0, 0.05) is 42.2 Å². The van der Waals surface area contributed by atoms with E-state index in [9.17, 15) is 14.9 Å². The van der Waals surface area contributed by atoms with Gasteiger partial charge in [-0.05, 0) is 73.9 Å². The lowest BCUT2D eigenvalue weighted by molar-refractivity contribution is -0.384. The Hall–Kier alpha value is -4.83. The average molecular weight is 526 g/mol. The van der Waals surface area contributed by atoms with Gasteiger partial charge in [0.05, 0.1) is 22.8 Å². The number of nitrogens with zero attached hydrogens (tertiary/aromatic N) is 3. The minimum Gasteiger partial charge on any atom is -0.457 e. The number of carbonyl (C=O) groups is 1. The third-order valence-corrected chi connectivity index (χ3v) is 6.18. The Morgan fingerprint density at radius 3 is 2.79 bits per heavy atom. The zero-order valence-corrected chi connectivity index (χ0v) is 21.3. The van der Waals surface area contributed by atoms with Crippen LogP contribution in [-0.4, -0.2) is 34.0 Å². The third-order valence-electron chi connectivity index (χ3n) is 6.18. The van der Waals surface area contributed by atoms with Crippen LogP contribution in [0.3, 0.4) is 0 Å². The van der Waals surface area contributed by atoms with Crippen molar-refractivity contribution in [1.82, 2.24) is 15.3 Å². The highest BCUT2D eigenvalue weighted by Crippen LogP contribution is 2.32. The fourth-order valence-electron chi connectivity index (χ4n) is 4.23. The van der Waals surface area contributed by atoms with Crippen molar-refractivity contribution in [3.63, 3.8) is 0 Å². The molecule has 6 bridgehead atoms. The Balaban J connectivity index is 1.50. The average Bonchev–Trinajstić information content (AvgIpc) is 2.93. The molecule has 3 heterocycles. The third kappa shape index (κ3) is 6.36. The van der Waals surface area contributed by atoms with Crippen LogP contribution in [0.25, 0.3) is 11.3 Å². The van der Waals surface area contributed by atoms with E-state index in [0.717, 1.165) is 23.3 Å². The van der Waals surface area contributed by atoms with Crippen LogP contribution in [0.5, 0.6) is 11.5 Å². The number of nitrogens with one attached hydrogen (secondary N) is 2. The van der Waals surface area contributed by atoms with Crippen LogP contribution in [0, 0.1) is 17.0 Å². The first kappa shape index (κ1) is 25.8. The number of hydrogen-bond donors (Lipinski definition) is 2. The molecule has 4 aromatic rings. The molecule has 2 aliphatic heterocycles. The van der Waals surface area contributed by atoms with Crippen LogP contribution >= 0.6 is 0 Å². The van der Waals surface area contributed by atoms with Gasteiger partial charge in [-0.2, -0.15) is 0 Å². The summed E-state index contributed by atoms with van der Waals surface area (Å²) in [5.74, 6) is 1.28. The van der Waals surface area contributed by atoms with Gasteiger partial charge in [0.2, 0.25) is 5.95 Å². The van der Waals surface area contributed by atoms with Crippen LogP contribution < -0.4 is 15.4 Å². The summed E-state index contributed by atoms with van der Waals surface area (Å²) >= 11 is 0. The second-order valence-corrected chi connectivity index (χ2v) is 9.14. The Bertz CT molecular complexity index is 1520. The second kappa shape index (κ2) is 11.7. The van der Waals surface area contributed by atoms with Crippen LogP contribution in [0.15, 0.2) is 72.9 Å². The number of rotatable bonds is 3. The van der Waals surface area contributed by atoms with Crippen molar-refractivity contribution in [2.75, 3.05) is 18.5 Å². The van der Waals surface area contributed by atoms with E-state index < -0.39 is 4.92 Å². The van der Waals surface area contributed by atoms with Crippen LogP contribution in [0.1, 0.15) is 34.3 Å². The quantitative estimate of drug-likeness (QED) is 0.249. The molecule has 0 atom stereocenters. The summed E-state index contributed by atoms with van der Waals surface area (Å²) in [5.41, 5.74) is 3.27. The molecular weight excluding hydrogens is 498 g/mol. The summed E-state index contributed by atoms with van der Waals surface area (Å²) in [4.78, 5) is 32.7. The van der Waals surface area contributed by atoms with Crippen LogP contribution in [0.4, 0.5) is 17.3 Å². The maximum absolute atomic E-state index is 12.6. The van der Waals surface area contributed by atoms with Crippen molar-refractivity contribution in [3.8, 4) is 22.8 Å². The number of fused-ring (bicyclic) bond motifs is 9. The van der Waals surface area contributed by atoms with E-state index in [1.165, 1.54) is 18.3 Å². The predicted molar refractivity (Wildman–Crippen MR) is 146 cm³/mol. The highest BCUT2D eigenvalue weighted by Gasteiger charge is 2.20. The van der Waals surface area contributed by atoms with E-state index >= 15 is 0 Å². The number of anilines is 2. The highest BCUT2D eigenvalue weighted by atomic mass is 16.6. The number of carbonyl (C=O) groups excluding carboxylic acids is 1. The van der Waals surface area contributed by atoms with Crippen LogP contribution in [0.2, 0.25) is 0 Å². The summed E-state index contributed by atoms with van der Waals surface area (Å²) in [5, 5.41) is 17.9. The minimum atomic E-state index is -0.514. The Morgan fingerprint density at radius 1 is 1.05 bits per heavy atom. The summed E-state index contributed by atoms with van der Waals surface area (Å²) in [7, 11) is 0. The van der Waals surface area contributed by atoms with E-state index in [0.29, 0.717) is 43.3 Å². The molecule has 0 aliphatic carbocycles. The fourth-order valence-corrected chi connectivity index (χ4v) is 4.23. The molecule has 1 amide bonds. The number of amides is 1. The molecule has 10 nitrogen and oxygen atoms in total. The monoisotopic (exact) mass is 525 g/mol. The number of ether oxygens (including phenoxy) is 2. The van der Waals surface area contributed by atoms with Crippen molar-refractivity contribution < 1.29 is 19.2 Å². The maximum Gasteiger partial charge on any atom is 0.279 e. The molecule has 0 unspecified atom stereocenters. The minimum absolute atomic E-state index is 0.210. The van der Waals surface area contributed by atoms with Gasteiger partial charge in [-0.1, -0.05) is 12.1 Å². The van der Waals surface area contributed by atoms with Crippen molar-refractivity contribution in [2.45, 2.75) is 26.4 Å². The molecule has 2 N–H and O–H groups in total. The highest BCUT2D eigenvalue weighted by molar-refractivity contribution is 5.96. The molecule has 0 saturated carbocycles. The normalized spacial score (nSPS) is 13.8. The first-order valence-electron chi connectivity index (χ1n) is 12.6. The maximum atomic E-state index is 12.6. The van der Waals surface area contributed by atoms with Gasteiger partial charge in [-0.15, -0.1) is 0 Å². The van der Waals surface area contributed by atoms with Crippen molar-refractivity contribution in [2.24, 2.45) is 0 Å². The van der Waals surface area contributed by atoms with Crippen molar-refractivity contribution in [1.29, 1.82) is 0 Å². The second-order valence-electron chi connectivity index (χ2n) is 9.14. The largest absolute Gasteiger partial charge is 0.457 e. The first-order valence-corrected chi connectivity index (χ1v) is 12.6. The van der Waals surface area contributed by atoms with Gasteiger partial charge in [-0.25, -0.2) is 9.97 Å².